The monoisotopic (exact) mass is 566 g/mol. The zero-order chi connectivity index (χ0) is 28.6. The molecule has 0 unspecified atom stereocenters. The molecule has 41 heavy (non-hydrogen) atoms. The van der Waals surface area contributed by atoms with Crippen LogP contribution < -0.4 is 0 Å². The van der Waals surface area contributed by atoms with Gasteiger partial charge in [0.15, 0.2) is 6.29 Å². The molecule has 0 atom stereocenters. The van der Waals surface area contributed by atoms with Gasteiger partial charge in [-0.3, -0.25) is 0 Å². The van der Waals surface area contributed by atoms with E-state index in [0.29, 0.717) is 41.7 Å². The maximum absolute atomic E-state index is 15.3. The molecule has 0 bridgehead atoms. The highest BCUT2D eigenvalue weighted by molar-refractivity contribution is 5.65. The average molecular weight is 567 g/mol. The van der Waals surface area contributed by atoms with Crippen LogP contribution in [0.5, 0.6) is 0 Å². The Balaban J connectivity index is 1.13. The molecule has 0 amide bonds. The van der Waals surface area contributed by atoms with Crippen LogP contribution in [0.2, 0.25) is 0 Å². The van der Waals surface area contributed by atoms with Gasteiger partial charge >= 0.3 is 0 Å². The number of hydrogen-bond donors (Lipinski definition) is 0. The normalized spacial score (nSPS) is 29.0. The van der Waals surface area contributed by atoms with Gasteiger partial charge in [-0.25, -0.2) is 8.78 Å². The van der Waals surface area contributed by atoms with E-state index >= 15 is 8.78 Å². The highest BCUT2D eigenvalue weighted by atomic mass is 19.1. The summed E-state index contributed by atoms with van der Waals surface area (Å²) < 4.78 is 42.8. The lowest BCUT2D eigenvalue weighted by Gasteiger charge is -2.38. The quantitative estimate of drug-likeness (QED) is 0.252. The first-order chi connectivity index (χ1) is 20.1. The fraction of sp³-hybridized carbons (Fsp3) is 0.676. The Morgan fingerprint density at radius 2 is 1.32 bits per heavy atom. The van der Waals surface area contributed by atoms with Gasteiger partial charge in [0.2, 0.25) is 0 Å². The molecule has 1 saturated heterocycles. The largest absolute Gasteiger partial charge is 0.348 e. The lowest BCUT2D eigenvalue weighted by atomic mass is 9.74. The summed E-state index contributed by atoms with van der Waals surface area (Å²) in [5.41, 5.74) is 2.50. The van der Waals surface area contributed by atoms with Crippen molar-refractivity contribution in [2.24, 2.45) is 23.7 Å². The summed E-state index contributed by atoms with van der Waals surface area (Å²) in [6.45, 7) is 5.86. The summed E-state index contributed by atoms with van der Waals surface area (Å²) in [5, 5.41) is 0. The molecule has 1 heterocycles. The van der Waals surface area contributed by atoms with E-state index in [0.717, 1.165) is 30.2 Å². The van der Waals surface area contributed by atoms with Crippen molar-refractivity contribution in [2.45, 2.75) is 122 Å². The van der Waals surface area contributed by atoms with Crippen molar-refractivity contribution in [3.63, 3.8) is 0 Å². The van der Waals surface area contributed by atoms with E-state index in [-0.39, 0.29) is 17.6 Å². The molecule has 3 aliphatic rings. The van der Waals surface area contributed by atoms with Crippen LogP contribution in [0.1, 0.15) is 133 Å². The molecule has 0 radical (unpaired) electrons. The van der Waals surface area contributed by atoms with Gasteiger partial charge in [-0.1, -0.05) is 95.9 Å². The Bertz CT molecular complexity index is 1080. The minimum atomic E-state index is -0.535. The summed E-state index contributed by atoms with van der Waals surface area (Å²) >= 11 is 0. The van der Waals surface area contributed by atoms with Gasteiger partial charge in [0.25, 0.3) is 0 Å². The van der Waals surface area contributed by atoms with Crippen LogP contribution >= 0.6 is 0 Å². The molecule has 3 fully saturated rings. The smallest absolute Gasteiger partial charge is 0.183 e. The van der Waals surface area contributed by atoms with Crippen molar-refractivity contribution < 1.29 is 18.3 Å². The zero-order valence-electron chi connectivity index (χ0n) is 25.5. The van der Waals surface area contributed by atoms with E-state index in [1.807, 2.05) is 18.2 Å². The van der Waals surface area contributed by atoms with Crippen molar-refractivity contribution in [3.05, 3.63) is 59.2 Å². The topological polar surface area (TPSA) is 18.5 Å². The van der Waals surface area contributed by atoms with Crippen molar-refractivity contribution in [3.8, 4) is 11.1 Å². The molecule has 2 nitrogen and oxygen atoms in total. The molecule has 2 saturated carbocycles. The van der Waals surface area contributed by atoms with E-state index in [4.69, 9.17) is 9.47 Å². The Morgan fingerprint density at radius 3 is 1.95 bits per heavy atom. The third kappa shape index (κ3) is 7.99. The van der Waals surface area contributed by atoms with Crippen molar-refractivity contribution in [2.75, 3.05) is 13.2 Å². The van der Waals surface area contributed by atoms with Crippen molar-refractivity contribution in [1.29, 1.82) is 0 Å². The fourth-order valence-corrected chi connectivity index (χ4v) is 7.81. The van der Waals surface area contributed by atoms with E-state index < -0.39 is 6.29 Å². The van der Waals surface area contributed by atoms with Gasteiger partial charge in [-0.2, -0.15) is 0 Å². The average Bonchev–Trinajstić information content (AvgIpc) is 3.01. The molecule has 0 aromatic heterocycles. The summed E-state index contributed by atoms with van der Waals surface area (Å²) in [4.78, 5) is 0. The molecule has 2 aromatic carbocycles. The Hall–Kier alpha value is -1.78. The summed E-state index contributed by atoms with van der Waals surface area (Å²) in [6, 6.07) is 10.4. The molecular weight excluding hydrogens is 514 g/mol. The number of halogens is 2. The van der Waals surface area contributed by atoms with Gasteiger partial charge in [0, 0.05) is 17.0 Å². The molecule has 2 aliphatic carbocycles. The maximum atomic E-state index is 15.3. The summed E-state index contributed by atoms with van der Waals surface area (Å²) in [5.74, 6) is 2.51. The number of unbranched alkanes of at least 4 members (excludes halogenated alkanes) is 3. The second kappa shape index (κ2) is 15.1. The molecule has 4 heteroatoms. The molecule has 0 spiro atoms. The fourth-order valence-electron chi connectivity index (χ4n) is 7.81. The van der Waals surface area contributed by atoms with Crippen molar-refractivity contribution in [1.82, 2.24) is 0 Å². The predicted octanol–water partition coefficient (Wildman–Crippen LogP) is 11.1. The second-order valence-corrected chi connectivity index (χ2v) is 13.4. The van der Waals surface area contributed by atoms with Crippen LogP contribution in [-0.4, -0.2) is 13.2 Å². The number of benzene rings is 2. The van der Waals surface area contributed by atoms with Gasteiger partial charge in [-0.05, 0) is 85.5 Å². The van der Waals surface area contributed by atoms with Crippen LogP contribution in [-0.2, 0) is 9.47 Å². The first kappa shape index (κ1) is 30.7. The van der Waals surface area contributed by atoms with Gasteiger partial charge in [0.05, 0.1) is 13.2 Å². The van der Waals surface area contributed by atoms with E-state index in [1.165, 1.54) is 95.6 Å². The first-order valence-electron chi connectivity index (χ1n) is 16.9. The maximum Gasteiger partial charge on any atom is 0.183 e. The Morgan fingerprint density at radius 1 is 0.659 bits per heavy atom. The van der Waals surface area contributed by atoms with Gasteiger partial charge in [-0.15, -0.1) is 0 Å². The second-order valence-electron chi connectivity index (χ2n) is 13.4. The molecule has 0 N–H and O–H groups in total. The number of rotatable bonds is 11. The van der Waals surface area contributed by atoms with E-state index in [1.54, 1.807) is 6.07 Å². The standard InChI is InChI=1S/C37H52F2O2/c1-3-5-7-9-27-10-14-28(15-11-27)32-24-40-37(41-25-32)31-19-21-34(36(39)23-31)30-18-20-33(35(38)22-30)29-16-12-26(13-17-29)8-6-4-2/h18-23,26-29,32,37H,3-17,24-25H2,1-2H3. The highest BCUT2D eigenvalue weighted by Crippen LogP contribution is 2.41. The third-order valence-electron chi connectivity index (χ3n) is 10.5. The minimum Gasteiger partial charge on any atom is -0.348 e. The van der Waals surface area contributed by atoms with E-state index in [2.05, 4.69) is 13.8 Å². The van der Waals surface area contributed by atoms with Gasteiger partial charge in [0.1, 0.15) is 11.6 Å². The van der Waals surface area contributed by atoms with E-state index in [9.17, 15) is 0 Å². The van der Waals surface area contributed by atoms with Crippen molar-refractivity contribution >= 4 is 0 Å². The van der Waals surface area contributed by atoms with Crippen LogP contribution in [0.4, 0.5) is 8.78 Å². The molecule has 5 rings (SSSR count). The lowest BCUT2D eigenvalue weighted by molar-refractivity contribution is -0.214. The van der Waals surface area contributed by atoms with Crippen LogP contribution in [0.15, 0.2) is 36.4 Å². The number of ether oxygens (including phenoxy) is 2. The Kier molecular flexibility index (Phi) is 11.3. The highest BCUT2D eigenvalue weighted by Gasteiger charge is 2.32. The lowest BCUT2D eigenvalue weighted by Crippen LogP contribution is -2.34. The molecular formula is C37H52F2O2. The van der Waals surface area contributed by atoms with Crippen LogP contribution in [0, 0.1) is 35.3 Å². The summed E-state index contributed by atoms with van der Waals surface area (Å²) in [7, 11) is 0. The molecule has 1 aliphatic heterocycles. The summed E-state index contributed by atoms with van der Waals surface area (Å²) in [6.07, 6.45) is 18.4. The zero-order valence-corrected chi connectivity index (χ0v) is 25.5. The van der Waals surface area contributed by atoms with Gasteiger partial charge < -0.3 is 9.47 Å². The molecule has 2 aromatic rings. The minimum absolute atomic E-state index is 0.206. The SMILES string of the molecule is CCCCCC1CCC(C2COC(c3ccc(-c4ccc(C5CCC(CCCC)CC5)c(F)c4)c(F)c3)OC2)CC1. The number of hydrogen-bond acceptors (Lipinski definition) is 2. The predicted molar refractivity (Wildman–Crippen MR) is 164 cm³/mol. The molecule has 226 valence electrons. The third-order valence-corrected chi connectivity index (χ3v) is 10.5. The Labute approximate surface area is 247 Å². The van der Waals surface area contributed by atoms with Crippen LogP contribution in [0.25, 0.3) is 11.1 Å². The first-order valence-corrected chi connectivity index (χ1v) is 16.9. The van der Waals surface area contributed by atoms with Crippen LogP contribution in [0.3, 0.4) is 0 Å².